The quantitative estimate of drug-likeness (QED) is 0.0793. The molecule has 1 atom stereocenters. The normalized spacial score (nSPS) is 18.0. The van der Waals surface area contributed by atoms with Crippen molar-refractivity contribution in [1.82, 2.24) is 0 Å². The zero-order chi connectivity index (χ0) is 27.8. The van der Waals surface area contributed by atoms with Crippen molar-refractivity contribution in [3.05, 3.63) is 78.5 Å². The Morgan fingerprint density at radius 2 is 1.58 bits per heavy atom. The standard InChI is InChI=1S/C27H34N2O6S3/c1-27(16-6-9-19-37(30,31)32)24-21-23(36)14-15-25(24)29(18-8-10-20-38(33,34)35)26(27)13-5-7-17-28-22-11-3-2-4-12-22/h2-5,7,11-15,17,21H,6,8-10,16,18-20H2,1H3,(H3,30,31,32,33,34,35,36)/p+1. The average molecular weight is 580 g/mol. The zero-order valence-corrected chi connectivity index (χ0v) is 23.9. The lowest BCUT2D eigenvalue weighted by Gasteiger charge is -2.22. The number of unbranched alkanes of at least 4 members (excludes halogenated alkanes) is 2. The first-order valence-electron chi connectivity index (χ1n) is 12.4. The third-order valence-corrected chi connectivity index (χ3v) is 8.46. The van der Waals surface area contributed by atoms with Gasteiger partial charge in [0.1, 0.15) is 6.54 Å². The maximum absolute atomic E-state index is 11.2. The number of allylic oxidation sites excluding steroid dienone is 3. The SMILES string of the molecule is CC1(CCCCS(=O)(=O)O)C(/C=C/C=C/Nc2ccccc2)=[N+](CCCCS(=O)(=O)O)c2ccc(S)cc21. The van der Waals surface area contributed by atoms with Crippen LogP contribution in [0.5, 0.6) is 0 Å². The van der Waals surface area contributed by atoms with E-state index in [2.05, 4.69) is 29.4 Å². The molecule has 1 aliphatic rings. The first kappa shape index (κ1) is 30.1. The third-order valence-electron chi connectivity index (χ3n) is 6.57. The van der Waals surface area contributed by atoms with Crippen molar-refractivity contribution in [3.8, 4) is 0 Å². The third kappa shape index (κ3) is 8.81. The molecule has 1 aliphatic heterocycles. The molecule has 0 bridgehead atoms. The summed E-state index contributed by atoms with van der Waals surface area (Å²) in [7, 11) is -8.06. The Balaban J connectivity index is 1.90. The van der Waals surface area contributed by atoms with Gasteiger partial charge in [0.05, 0.1) is 16.9 Å². The van der Waals surface area contributed by atoms with Crippen molar-refractivity contribution in [2.75, 3.05) is 23.4 Å². The lowest BCUT2D eigenvalue weighted by Crippen LogP contribution is -2.31. The van der Waals surface area contributed by atoms with Gasteiger partial charge < -0.3 is 5.32 Å². The molecule has 3 N–H and O–H groups in total. The predicted molar refractivity (Wildman–Crippen MR) is 155 cm³/mol. The van der Waals surface area contributed by atoms with Crippen LogP contribution in [0.3, 0.4) is 0 Å². The van der Waals surface area contributed by atoms with E-state index in [4.69, 9.17) is 9.11 Å². The van der Waals surface area contributed by atoms with Gasteiger partial charge in [-0.05, 0) is 56.5 Å². The lowest BCUT2D eigenvalue weighted by molar-refractivity contribution is -0.438. The van der Waals surface area contributed by atoms with Gasteiger partial charge in [-0.1, -0.05) is 30.7 Å². The smallest absolute Gasteiger partial charge is 0.264 e. The highest BCUT2D eigenvalue weighted by atomic mass is 32.2. The van der Waals surface area contributed by atoms with Gasteiger partial charge in [-0.15, -0.1) is 12.6 Å². The summed E-state index contributed by atoms with van der Waals surface area (Å²) in [6, 6.07) is 15.7. The van der Waals surface area contributed by atoms with Gasteiger partial charge in [0.25, 0.3) is 20.2 Å². The number of thiol groups is 1. The van der Waals surface area contributed by atoms with E-state index in [1.165, 1.54) is 0 Å². The van der Waals surface area contributed by atoms with Gasteiger partial charge in [0.15, 0.2) is 5.71 Å². The average Bonchev–Trinajstić information content (AvgIpc) is 3.06. The van der Waals surface area contributed by atoms with Crippen LogP contribution in [0.1, 0.15) is 44.6 Å². The van der Waals surface area contributed by atoms with E-state index in [1.807, 2.05) is 73.0 Å². The van der Waals surface area contributed by atoms with Crippen molar-refractivity contribution >= 4 is 50.0 Å². The Kier molecular flexibility index (Phi) is 10.4. The van der Waals surface area contributed by atoms with Gasteiger partial charge in [-0.2, -0.15) is 21.4 Å². The van der Waals surface area contributed by atoms with Crippen molar-refractivity contribution in [2.45, 2.75) is 49.3 Å². The molecular weight excluding hydrogens is 545 g/mol. The Labute approximate surface area is 231 Å². The molecule has 0 spiro atoms. The summed E-state index contributed by atoms with van der Waals surface area (Å²) < 4.78 is 65.3. The summed E-state index contributed by atoms with van der Waals surface area (Å²) in [5, 5.41) is 3.21. The Morgan fingerprint density at radius 1 is 0.921 bits per heavy atom. The maximum atomic E-state index is 11.2. The molecule has 0 amide bonds. The summed E-state index contributed by atoms with van der Waals surface area (Å²) in [5.41, 5.74) is 3.53. The Bertz CT molecular complexity index is 1420. The molecule has 0 saturated heterocycles. The van der Waals surface area contributed by atoms with Crippen molar-refractivity contribution in [1.29, 1.82) is 0 Å². The molecule has 0 radical (unpaired) electrons. The summed E-state index contributed by atoms with van der Waals surface area (Å²) >= 11 is 4.55. The lowest BCUT2D eigenvalue weighted by atomic mass is 9.75. The van der Waals surface area contributed by atoms with E-state index in [-0.39, 0.29) is 11.5 Å². The largest absolute Gasteiger partial charge is 0.362 e. The van der Waals surface area contributed by atoms with E-state index in [9.17, 15) is 16.8 Å². The highest BCUT2D eigenvalue weighted by molar-refractivity contribution is 7.86. The molecule has 2 aromatic carbocycles. The van der Waals surface area contributed by atoms with Crippen LogP contribution >= 0.6 is 12.6 Å². The van der Waals surface area contributed by atoms with Gasteiger partial charge in [0, 0.05) is 40.9 Å². The van der Waals surface area contributed by atoms with Crippen LogP contribution in [0.2, 0.25) is 0 Å². The molecule has 1 unspecified atom stereocenters. The molecule has 0 aliphatic carbocycles. The Hall–Kier alpha value is -2.44. The van der Waals surface area contributed by atoms with Crippen LogP contribution in [0.4, 0.5) is 11.4 Å². The van der Waals surface area contributed by atoms with Crippen LogP contribution in [0, 0.1) is 0 Å². The number of benzene rings is 2. The molecule has 206 valence electrons. The second-order valence-electron chi connectivity index (χ2n) is 9.54. The molecule has 0 saturated carbocycles. The van der Waals surface area contributed by atoms with E-state index >= 15 is 0 Å². The number of fused-ring (bicyclic) bond motifs is 1. The number of nitrogens with one attached hydrogen (secondary N) is 1. The van der Waals surface area contributed by atoms with Gasteiger partial charge >= 0.3 is 0 Å². The fraction of sp³-hybridized carbons (Fsp3) is 0.370. The van der Waals surface area contributed by atoms with Crippen LogP contribution in [0.15, 0.2) is 77.9 Å². The molecule has 3 rings (SSSR count). The fourth-order valence-electron chi connectivity index (χ4n) is 4.74. The van der Waals surface area contributed by atoms with E-state index in [1.54, 1.807) is 0 Å². The molecule has 11 heteroatoms. The minimum absolute atomic E-state index is 0.291. The highest BCUT2D eigenvalue weighted by Crippen LogP contribution is 2.44. The van der Waals surface area contributed by atoms with Gasteiger partial charge in [-0.3, -0.25) is 9.11 Å². The van der Waals surface area contributed by atoms with E-state index < -0.39 is 25.7 Å². The number of para-hydroxylation sites is 1. The first-order chi connectivity index (χ1) is 17.9. The Morgan fingerprint density at radius 3 is 2.24 bits per heavy atom. The maximum Gasteiger partial charge on any atom is 0.264 e. The summed E-state index contributed by atoms with van der Waals surface area (Å²) in [6.07, 6.45) is 10.1. The van der Waals surface area contributed by atoms with E-state index in [0.29, 0.717) is 38.6 Å². The molecular formula is C27H35N2O6S3+. The van der Waals surface area contributed by atoms with Crippen molar-refractivity contribution < 1.29 is 30.5 Å². The molecule has 8 nitrogen and oxygen atoms in total. The summed E-state index contributed by atoms with van der Waals surface area (Å²) in [5.74, 6) is -0.587. The van der Waals surface area contributed by atoms with E-state index in [0.717, 1.165) is 27.5 Å². The minimum Gasteiger partial charge on any atom is -0.362 e. The highest BCUT2D eigenvalue weighted by Gasteiger charge is 2.47. The van der Waals surface area contributed by atoms with Crippen LogP contribution in [-0.2, 0) is 25.7 Å². The van der Waals surface area contributed by atoms with Crippen molar-refractivity contribution in [3.63, 3.8) is 0 Å². The second-order valence-corrected chi connectivity index (χ2v) is 13.2. The summed E-state index contributed by atoms with van der Waals surface area (Å²) in [6.45, 7) is 2.65. The van der Waals surface area contributed by atoms with Crippen molar-refractivity contribution in [2.24, 2.45) is 0 Å². The van der Waals surface area contributed by atoms with Gasteiger partial charge in [-0.25, -0.2) is 0 Å². The molecule has 38 heavy (non-hydrogen) atoms. The zero-order valence-electron chi connectivity index (χ0n) is 21.3. The molecule has 0 aromatic heterocycles. The van der Waals surface area contributed by atoms with Crippen LogP contribution in [-0.4, -0.2) is 54.3 Å². The number of hydrogen-bond donors (Lipinski definition) is 4. The number of hydrogen-bond acceptors (Lipinski definition) is 6. The minimum atomic E-state index is -4.03. The fourth-order valence-corrected chi connectivity index (χ4v) is 6.08. The van der Waals surface area contributed by atoms with Crippen LogP contribution in [0.25, 0.3) is 0 Å². The van der Waals surface area contributed by atoms with Crippen LogP contribution < -0.4 is 5.32 Å². The summed E-state index contributed by atoms with van der Waals surface area (Å²) in [4.78, 5) is 0.802. The molecule has 2 aromatic rings. The predicted octanol–water partition coefficient (Wildman–Crippen LogP) is 5.24. The number of anilines is 1. The second kappa shape index (κ2) is 13.1. The topological polar surface area (TPSA) is 124 Å². The molecule has 0 fully saturated rings. The number of rotatable bonds is 14. The monoisotopic (exact) mass is 579 g/mol. The van der Waals surface area contributed by atoms with Gasteiger partial charge in [0.2, 0.25) is 5.69 Å². The first-order valence-corrected chi connectivity index (χ1v) is 16.1. The number of nitrogens with zero attached hydrogens (tertiary/aromatic N) is 1. The molecule has 1 heterocycles.